The number of halogens is 2. The summed E-state index contributed by atoms with van der Waals surface area (Å²) >= 11 is 0. The molecule has 1 aliphatic heterocycles. The summed E-state index contributed by atoms with van der Waals surface area (Å²) < 4.78 is 29.5. The second kappa shape index (κ2) is 7.37. The molecule has 0 radical (unpaired) electrons. The predicted molar refractivity (Wildman–Crippen MR) is 94.6 cm³/mol. The first-order chi connectivity index (χ1) is 12.4. The van der Waals surface area contributed by atoms with Crippen LogP contribution in [-0.4, -0.2) is 30.6 Å². The minimum absolute atomic E-state index is 0.131. The van der Waals surface area contributed by atoms with Crippen molar-refractivity contribution < 1.29 is 18.3 Å². The van der Waals surface area contributed by atoms with Crippen molar-refractivity contribution in [2.24, 2.45) is 0 Å². The lowest BCUT2D eigenvalue weighted by molar-refractivity contribution is -0.123. The van der Waals surface area contributed by atoms with E-state index < -0.39 is 12.0 Å². The molecule has 138 valence electrons. The molecular formula is C19H21F2N3O2. The topological polar surface area (TPSA) is 63.2 Å². The lowest BCUT2D eigenvalue weighted by atomic mass is 9.71. The number of hydrogen-bond donors (Lipinski definition) is 2. The van der Waals surface area contributed by atoms with Gasteiger partial charge in [-0.3, -0.25) is 4.79 Å². The normalized spacial score (nSPS) is 15.6. The van der Waals surface area contributed by atoms with Crippen molar-refractivity contribution in [3.05, 3.63) is 53.7 Å². The number of hydrogen-bond acceptors (Lipinski definition) is 4. The minimum Gasteiger partial charge on any atom is -0.415 e. The summed E-state index contributed by atoms with van der Waals surface area (Å²) in [4.78, 5) is 16.9. The monoisotopic (exact) mass is 361 g/mol. The fraction of sp³-hybridized carbons (Fsp3) is 0.368. The quantitative estimate of drug-likeness (QED) is 0.829. The third kappa shape index (κ3) is 3.39. The Morgan fingerprint density at radius 3 is 2.58 bits per heavy atom. The number of nitrogens with zero attached hydrogens (tertiary/aromatic N) is 1. The molecule has 2 heterocycles. The molecule has 3 rings (SSSR count). The first-order valence-corrected chi connectivity index (χ1v) is 8.45. The van der Waals surface area contributed by atoms with Gasteiger partial charge in [0.15, 0.2) is 0 Å². The van der Waals surface area contributed by atoms with Crippen LogP contribution in [0.15, 0.2) is 42.6 Å². The number of carbonyl (C=O) groups excluding carboxylic acids is 1. The van der Waals surface area contributed by atoms with Crippen LogP contribution < -0.4 is 15.4 Å². The fourth-order valence-corrected chi connectivity index (χ4v) is 3.19. The zero-order valence-electron chi connectivity index (χ0n) is 14.6. The van der Waals surface area contributed by atoms with E-state index in [2.05, 4.69) is 34.2 Å². The molecule has 0 unspecified atom stereocenters. The molecule has 1 aromatic heterocycles. The molecule has 1 aromatic carbocycles. The van der Waals surface area contributed by atoms with Gasteiger partial charge in [-0.15, -0.1) is 0 Å². The number of amides is 1. The van der Waals surface area contributed by atoms with Crippen LogP contribution in [0.25, 0.3) is 0 Å². The Morgan fingerprint density at radius 2 is 1.96 bits per heavy atom. The number of rotatable bonds is 6. The van der Waals surface area contributed by atoms with E-state index in [0.29, 0.717) is 13.1 Å². The van der Waals surface area contributed by atoms with Crippen molar-refractivity contribution in [1.29, 1.82) is 0 Å². The number of anilines is 1. The fourth-order valence-electron chi connectivity index (χ4n) is 3.19. The lowest BCUT2D eigenvalue weighted by Crippen LogP contribution is -2.63. The van der Waals surface area contributed by atoms with Crippen molar-refractivity contribution in [1.82, 2.24) is 10.3 Å². The number of pyridine rings is 1. The van der Waals surface area contributed by atoms with Crippen LogP contribution in [-0.2, 0) is 10.2 Å². The molecule has 7 heteroatoms. The average Bonchev–Trinajstić information content (AvgIpc) is 2.55. The van der Waals surface area contributed by atoms with Crippen LogP contribution in [0, 0.1) is 0 Å². The largest absolute Gasteiger partial charge is 0.415 e. The van der Waals surface area contributed by atoms with Crippen LogP contribution in [0.2, 0.25) is 0 Å². The van der Waals surface area contributed by atoms with Crippen LogP contribution in [0.3, 0.4) is 0 Å². The van der Waals surface area contributed by atoms with Gasteiger partial charge >= 0.3 is 6.61 Å². The number of ether oxygens (including phenoxy) is 1. The summed E-state index contributed by atoms with van der Waals surface area (Å²) in [5.41, 5.74) is 1.43. The summed E-state index contributed by atoms with van der Waals surface area (Å²) in [5.74, 6) is -0.306. The van der Waals surface area contributed by atoms with Gasteiger partial charge in [0, 0.05) is 19.3 Å². The van der Waals surface area contributed by atoms with Crippen molar-refractivity contribution in [2.45, 2.75) is 31.8 Å². The van der Waals surface area contributed by atoms with E-state index in [1.807, 2.05) is 24.3 Å². The van der Waals surface area contributed by atoms with Gasteiger partial charge in [-0.1, -0.05) is 38.1 Å². The van der Waals surface area contributed by atoms with Crippen molar-refractivity contribution in [2.75, 3.05) is 18.4 Å². The molecule has 26 heavy (non-hydrogen) atoms. The molecule has 0 aliphatic carbocycles. The van der Waals surface area contributed by atoms with E-state index in [4.69, 9.17) is 0 Å². The maximum atomic E-state index is 13.1. The first kappa shape index (κ1) is 18.3. The summed E-state index contributed by atoms with van der Waals surface area (Å²) in [5, 5.41) is 5.88. The number of alkyl halides is 2. The molecule has 5 nitrogen and oxygen atoms in total. The molecule has 1 saturated heterocycles. The van der Waals surface area contributed by atoms with E-state index in [1.165, 1.54) is 12.3 Å². The number of aromatic nitrogens is 1. The predicted octanol–water partition coefficient (Wildman–Crippen LogP) is 3.29. The van der Waals surface area contributed by atoms with Gasteiger partial charge < -0.3 is 15.4 Å². The van der Waals surface area contributed by atoms with E-state index in [1.54, 1.807) is 6.07 Å². The van der Waals surface area contributed by atoms with Gasteiger partial charge in [0.2, 0.25) is 11.8 Å². The third-order valence-electron chi connectivity index (χ3n) is 4.61. The van der Waals surface area contributed by atoms with E-state index in [0.717, 1.165) is 11.1 Å². The van der Waals surface area contributed by atoms with E-state index in [9.17, 15) is 13.6 Å². The Morgan fingerprint density at radius 1 is 1.23 bits per heavy atom. The van der Waals surface area contributed by atoms with Crippen LogP contribution in [0.4, 0.5) is 14.5 Å². The molecule has 1 aliphatic rings. The number of benzene rings is 1. The van der Waals surface area contributed by atoms with Crippen LogP contribution in [0.5, 0.6) is 5.88 Å². The van der Waals surface area contributed by atoms with Gasteiger partial charge in [0.1, 0.15) is 5.69 Å². The highest BCUT2D eigenvalue weighted by molar-refractivity contribution is 6.01. The average molecular weight is 361 g/mol. The zero-order valence-corrected chi connectivity index (χ0v) is 14.6. The first-order valence-electron chi connectivity index (χ1n) is 8.45. The standard InChI is InChI=1S/C19H21F2N3O2/c1-12(2)13-6-3-4-7-14(13)19(10-22-11-19)17(25)24-15-8-5-9-23-16(15)26-18(20)21/h3-9,12,18,22H,10-11H2,1-2H3,(H,24,25). The third-order valence-corrected chi connectivity index (χ3v) is 4.61. The maximum absolute atomic E-state index is 13.1. The van der Waals surface area contributed by atoms with Crippen molar-refractivity contribution >= 4 is 11.6 Å². The molecule has 0 saturated carbocycles. The van der Waals surface area contributed by atoms with E-state index in [-0.39, 0.29) is 23.4 Å². The minimum atomic E-state index is -3.01. The number of nitrogens with one attached hydrogen (secondary N) is 2. The highest BCUT2D eigenvalue weighted by Crippen LogP contribution is 2.36. The van der Waals surface area contributed by atoms with Gasteiger partial charge in [-0.25, -0.2) is 4.98 Å². The van der Waals surface area contributed by atoms with E-state index >= 15 is 0 Å². The number of carbonyl (C=O) groups is 1. The van der Waals surface area contributed by atoms with Crippen LogP contribution in [0.1, 0.15) is 30.9 Å². The Hall–Kier alpha value is -2.54. The second-order valence-electron chi connectivity index (χ2n) is 6.62. The SMILES string of the molecule is CC(C)c1ccccc1C1(C(=O)Nc2cccnc2OC(F)F)CNC1. The van der Waals surface area contributed by atoms with Gasteiger partial charge in [-0.05, 0) is 29.2 Å². The molecular weight excluding hydrogens is 340 g/mol. The van der Waals surface area contributed by atoms with Gasteiger partial charge in [0.25, 0.3) is 0 Å². The van der Waals surface area contributed by atoms with Crippen molar-refractivity contribution in [3.63, 3.8) is 0 Å². The van der Waals surface area contributed by atoms with Crippen LogP contribution >= 0.6 is 0 Å². The lowest BCUT2D eigenvalue weighted by Gasteiger charge is -2.43. The Balaban J connectivity index is 1.92. The summed E-state index contributed by atoms with van der Waals surface area (Å²) in [7, 11) is 0. The maximum Gasteiger partial charge on any atom is 0.388 e. The molecule has 0 atom stereocenters. The molecule has 0 bridgehead atoms. The summed E-state index contributed by atoms with van der Waals surface area (Å²) in [6.45, 7) is 2.10. The molecule has 2 aromatic rings. The zero-order chi connectivity index (χ0) is 18.7. The Bertz CT molecular complexity index is 792. The highest BCUT2D eigenvalue weighted by Gasteiger charge is 2.47. The Kier molecular flexibility index (Phi) is 5.18. The second-order valence-corrected chi connectivity index (χ2v) is 6.62. The summed E-state index contributed by atoms with van der Waals surface area (Å²) in [6, 6.07) is 10.9. The van der Waals surface area contributed by atoms with Gasteiger partial charge in [-0.2, -0.15) is 8.78 Å². The molecule has 2 N–H and O–H groups in total. The highest BCUT2D eigenvalue weighted by atomic mass is 19.3. The molecule has 0 spiro atoms. The molecule has 1 amide bonds. The Labute approximate surface area is 150 Å². The van der Waals surface area contributed by atoms with Crippen molar-refractivity contribution in [3.8, 4) is 5.88 Å². The summed E-state index contributed by atoms with van der Waals surface area (Å²) in [6.07, 6.45) is 1.34. The smallest absolute Gasteiger partial charge is 0.388 e. The van der Waals surface area contributed by atoms with Gasteiger partial charge in [0.05, 0.1) is 5.41 Å². The molecule has 1 fully saturated rings.